The third-order valence-corrected chi connectivity index (χ3v) is 2.56. The number of hydrogen-bond acceptors (Lipinski definition) is 2. The largest absolute Gasteiger partial charge is 0.507 e. The molecule has 3 nitrogen and oxygen atoms in total. The van der Waals surface area contributed by atoms with Crippen LogP contribution in [-0.2, 0) is 0 Å². The second kappa shape index (κ2) is 4.45. The molecule has 0 saturated carbocycles. The van der Waals surface area contributed by atoms with Crippen molar-refractivity contribution in [1.29, 1.82) is 0 Å². The molecule has 2 N–H and O–H groups in total. The molecule has 88 valence electrons. The second-order valence-corrected chi connectivity index (χ2v) is 4.31. The fourth-order valence-corrected chi connectivity index (χ4v) is 1.83. The van der Waals surface area contributed by atoms with Crippen LogP contribution in [0.3, 0.4) is 0 Å². The van der Waals surface area contributed by atoms with Gasteiger partial charge in [-0.05, 0) is 31.4 Å². The van der Waals surface area contributed by atoms with E-state index in [0.717, 1.165) is 5.39 Å². The van der Waals surface area contributed by atoms with Crippen molar-refractivity contribution in [2.45, 2.75) is 19.9 Å². The van der Waals surface area contributed by atoms with E-state index >= 15 is 0 Å². The molecule has 2 rings (SSSR count). The first-order chi connectivity index (χ1) is 8.09. The molecule has 0 aromatic heterocycles. The average Bonchev–Trinajstić information content (AvgIpc) is 2.28. The summed E-state index contributed by atoms with van der Waals surface area (Å²) in [6.07, 6.45) is 0. The quantitative estimate of drug-likeness (QED) is 0.831. The molecular weight excluding hydrogens is 214 g/mol. The van der Waals surface area contributed by atoms with Crippen LogP contribution in [-0.4, -0.2) is 17.1 Å². The Kier molecular flexibility index (Phi) is 3.00. The van der Waals surface area contributed by atoms with E-state index in [0.29, 0.717) is 10.9 Å². The lowest BCUT2D eigenvalue weighted by Gasteiger charge is -2.10. The van der Waals surface area contributed by atoms with E-state index in [1.807, 2.05) is 19.9 Å². The van der Waals surface area contributed by atoms with Crippen molar-refractivity contribution in [2.24, 2.45) is 0 Å². The Bertz CT molecular complexity index is 561. The zero-order valence-electron chi connectivity index (χ0n) is 9.90. The van der Waals surface area contributed by atoms with E-state index in [1.165, 1.54) is 0 Å². The lowest BCUT2D eigenvalue weighted by molar-refractivity contribution is 0.0945. The first kappa shape index (κ1) is 11.5. The smallest absolute Gasteiger partial charge is 0.252 e. The molecule has 0 spiro atoms. The molecule has 0 unspecified atom stereocenters. The van der Waals surface area contributed by atoms with Gasteiger partial charge in [-0.2, -0.15) is 0 Å². The fraction of sp³-hybridized carbons (Fsp3) is 0.214. The van der Waals surface area contributed by atoms with Crippen LogP contribution < -0.4 is 5.32 Å². The minimum atomic E-state index is -0.115. The third-order valence-electron chi connectivity index (χ3n) is 2.56. The Morgan fingerprint density at radius 3 is 2.47 bits per heavy atom. The van der Waals surface area contributed by atoms with Gasteiger partial charge in [0.2, 0.25) is 0 Å². The van der Waals surface area contributed by atoms with Gasteiger partial charge in [0.25, 0.3) is 5.91 Å². The van der Waals surface area contributed by atoms with Crippen molar-refractivity contribution in [3.8, 4) is 5.75 Å². The Balaban J connectivity index is 2.55. The van der Waals surface area contributed by atoms with E-state index in [4.69, 9.17) is 0 Å². The zero-order chi connectivity index (χ0) is 12.4. The van der Waals surface area contributed by atoms with Crippen LogP contribution in [0.25, 0.3) is 10.8 Å². The monoisotopic (exact) mass is 229 g/mol. The minimum absolute atomic E-state index is 0.0927. The van der Waals surface area contributed by atoms with Crippen LogP contribution in [0.1, 0.15) is 24.2 Å². The zero-order valence-corrected chi connectivity index (χ0v) is 9.90. The van der Waals surface area contributed by atoms with E-state index in [2.05, 4.69) is 5.32 Å². The number of fused-ring (bicyclic) bond motifs is 1. The number of carbonyl (C=O) groups excluding carboxylic acids is 1. The molecule has 0 aliphatic heterocycles. The number of carbonyl (C=O) groups is 1. The van der Waals surface area contributed by atoms with Crippen LogP contribution in [0.15, 0.2) is 36.4 Å². The maximum Gasteiger partial charge on any atom is 0.252 e. The van der Waals surface area contributed by atoms with Crippen LogP contribution in [0.5, 0.6) is 5.75 Å². The molecule has 0 fully saturated rings. The van der Waals surface area contributed by atoms with Crippen LogP contribution in [0, 0.1) is 0 Å². The highest BCUT2D eigenvalue weighted by Gasteiger charge is 2.11. The normalized spacial score (nSPS) is 10.8. The first-order valence-electron chi connectivity index (χ1n) is 5.61. The van der Waals surface area contributed by atoms with Gasteiger partial charge in [0, 0.05) is 17.0 Å². The summed E-state index contributed by atoms with van der Waals surface area (Å²) in [5.41, 5.74) is 0.590. The standard InChI is InChI=1S/C14H15NO2/c1-9(2)15-14(17)12-7-3-6-11-10(12)5-4-8-13(11)16/h3-9,16H,1-2H3,(H,15,17). The van der Waals surface area contributed by atoms with Crippen molar-refractivity contribution in [1.82, 2.24) is 5.32 Å². The number of aromatic hydroxyl groups is 1. The van der Waals surface area contributed by atoms with Gasteiger partial charge in [-0.25, -0.2) is 0 Å². The van der Waals surface area contributed by atoms with Gasteiger partial charge < -0.3 is 10.4 Å². The first-order valence-corrected chi connectivity index (χ1v) is 5.61. The second-order valence-electron chi connectivity index (χ2n) is 4.31. The fourth-order valence-electron chi connectivity index (χ4n) is 1.83. The molecule has 0 heterocycles. The predicted molar refractivity (Wildman–Crippen MR) is 68.2 cm³/mol. The maximum atomic E-state index is 12.0. The van der Waals surface area contributed by atoms with Gasteiger partial charge in [-0.1, -0.05) is 24.3 Å². The lowest BCUT2D eigenvalue weighted by Crippen LogP contribution is -2.30. The topological polar surface area (TPSA) is 49.3 Å². The highest BCUT2D eigenvalue weighted by atomic mass is 16.3. The van der Waals surface area contributed by atoms with E-state index < -0.39 is 0 Å². The summed E-state index contributed by atoms with van der Waals surface area (Å²) in [5, 5.41) is 14.0. The molecule has 2 aromatic carbocycles. The number of phenols is 1. The Morgan fingerprint density at radius 2 is 1.76 bits per heavy atom. The SMILES string of the molecule is CC(C)NC(=O)c1cccc2c(O)cccc12. The van der Waals surface area contributed by atoms with Crippen LogP contribution in [0.4, 0.5) is 0 Å². The number of benzene rings is 2. The van der Waals surface area contributed by atoms with Crippen molar-refractivity contribution in [3.63, 3.8) is 0 Å². The van der Waals surface area contributed by atoms with Crippen LogP contribution >= 0.6 is 0 Å². The molecule has 0 aliphatic rings. The van der Waals surface area contributed by atoms with Gasteiger partial charge in [0.1, 0.15) is 5.75 Å². The molecule has 0 aliphatic carbocycles. The Labute approximate surface area is 100 Å². The molecule has 0 atom stereocenters. The molecule has 1 amide bonds. The van der Waals surface area contributed by atoms with Gasteiger partial charge in [0.05, 0.1) is 0 Å². The number of nitrogens with one attached hydrogen (secondary N) is 1. The Hall–Kier alpha value is -2.03. The summed E-state index contributed by atoms with van der Waals surface area (Å²) >= 11 is 0. The number of amides is 1. The molecule has 3 heteroatoms. The minimum Gasteiger partial charge on any atom is -0.507 e. The van der Waals surface area contributed by atoms with Crippen molar-refractivity contribution in [3.05, 3.63) is 42.0 Å². The summed E-state index contributed by atoms with van der Waals surface area (Å²) in [7, 11) is 0. The van der Waals surface area contributed by atoms with E-state index in [9.17, 15) is 9.90 Å². The number of rotatable bonds is 2. The predicted octanol–water partition coefficient (Wildman–Crippen LogP) is 2.68. The molecular formula is C14H15NO2. The summed E-state index contributed by atoms with van der Waals surface area (Å²) in [5.74, 6) is 0.0814. The lowest BCUT2D eigenvalue weighted by atomic mass is 10.0. The molecule has 0 bridgehead atoms. The molecule has 2 aromatic rings. The van der Waals surface area contributed by atoms with E-state index in [-0.39, 0.29) is 17.7 Å². The molecule has 0 saturated heterocycles. The maximum absolute atomic E-state index is 12.0. The van der Waals surface area contributed by atoms with Gasteiger partial charge in [0.15, 0.2) is 0 Å². The highest BCUT2D eigenvalue weighted by Crippen LogP contribution is 2.26. The van der Waals surface area contributed by atoms with Crippen molar-refractivity contribution < 1.29 is 9.90 Å². The number of hydrogen-bond donors (Lipinski definition) is 2. The molecule has 0 radical (unpaired) electrons. The summed E-state index contributed by atoms with van der Waals surface area (Å²) in [6.45, 7) is 3.83. The third kappa shape index (κ3) is 2.23. The summed E-state index contributed by atoms with van der Waals surface area (Å²) in [6, 6.07) is 10.6. The van der Waals surface area contributed by atoms with Crippen molar-refractivity contribution >= 4 is 16.7 Å². The van der Waals surface area contributed by atoms with Crippen LogP contribution in [0.2, 0.25) is 0 Å². The van der Waals surface area contributed by atoms with Gasteiger partial charge >= 0.3 is 0 Å². The van der Waals surface area contributed by atoms with E-state index in [1.54, 1.807) is 30.3 Å². The molecule has 17 heavy (non-hydrogen) atoms. The Morgan fingerprint density at radius 1 is 1.12 bits per heavy atom. The summed E-state index contributed by atoms with van der Waals surface area (Å²) < 4.78 is 0. The number of phenolic OH excluding ortho intramolecular Hbond substituents is 1. The average molecular weight is 229 g/mol. The highest BCUT2D eigenvalue weighted by molar-refractivity contribution is 6.08. The van der Waals surface area contributed by atoms with Crippen molar-refractivity contribution in [2.75, 3.05) is 0 Å². The van der Waals surface area contributed by atoms with Gasteiger partial charge in [-0.15, -0.1) is 0 Å². The summed E-state index contributed by atoms with van der Waals surface area (Å²) in [4.78, 5) is 12.0. The van der Waals surface area contributed by atoms with Gasteiger partial charge in [-0.3, -0.25) is 4.79 Å².